The third-order valence-corrected chi connectivity index (χ3v) is 4.27. The van der Waals surface area contributed by atoms with Crippen molar-refractivity contribution in [3.8, 4) is 0 Å². The van der Waals surface area contributed by atoms with Crippen molar-refractivity contribution < 1.29 is 0 Å². The third kappa shape index (κ3) is 3.71. The molecule has 1 atom stereocenters. The maximum atomic E-state index is 4.61. The van der Waals surface area contributed by atoms with Crippen LogP contribution in [-0.4, -0.2) is 38.0 Å². The van der Waals surface area contributed by atoms with Gasteiger partial charge in [0.05, 0.1) is 18.1 Å². The highest BCUT2D eigenvalue weighted by Gasteiger charge is 2.24. The van der Waals surface area contributed by atoms with Crippen molar-refractivity contribution in [2.45, 2.75) is 18.8 Å². The number of aromatic nitrogens is 5. The summed E-state index contributed by atoms with van der Waals surface area (Å²) in [6, 6.07) is 7.54. The number of anilines is 3. The van der Waals surface area contributed by atoms with Crippen LogP contribution in [0.4, 0.5) is 17.6 Å². The molecule has 7 heteroatoms. The third-order valence-electron chi connectivity index (χ3n) is 4.27. The Bertz CT molecular complexity index is 793. The Balaban J connectivity index is 1.44. The van der Waals surface area contributed by atoms with E-state index in [1.54, 1.807) is 24.8 Å². The van der Waals surface area contributed by atoms with Gasteiger partial charge in [-0.3, -0.25) is 4.98 Å². The van der Waals surface area contributed by atoms with Crippen LogP contribution in [0.2, 0.25) is 0 Å². The molecule has 0 radical (unpaired) electrons. The Kier molecular flexibility index (Phi) is 4.45. The molecule has 4 rings (SSSR count). The predicted molar refractivity (Wildman–Crippen MR) is 95.8 cm³/mol. The molecule has 1 fully saturated rings. The summed E-state index contributed by atoms with van der Waals surface area (Å²) in [6.45, 7) is 1.85. The van der Waals surface area contributed by atoms with E-state index < -0.39 is 0 Å². The summed E-state index contributed by atoms with van der Waals surface area (Å²) in [5, 5.41) is 3.15. The minimum Gasteiger partial charge on any atom is -0.340 e. The van der Waals surface area contributed by atoms with Gasteiger partial charge in [0.15, 0.2) is 0 Å². The highest BCUT2D eigenvalue weighted by Crippen LogP contribution is 2.27. The molecule has 0 bridgehead atoms. The molecule has 0 spiro atoms. The van der Waals surface area contributed by atoms with Crippen LogP contribution in [0, 0.1) is 0 Å². The number of nitrogens with one attached hydrogen (secondary N) is 1. The zero-order valence-corrected chi connectivity index (χ0v) is 13.8. The summed E-state index contributed by atoms with van der Waals surface area (Å²) in [6.07, 6.45) is 11.1. The lowest BCUT2D eigenvalue weighted by Crippen LogP contribution is -2.35. The molecule has 3 aromatic rings. The molecule has 4 heterocycles. The Morgan fingerprint density at radius 1 is 0.880 bits per heavy atom. The lowest BCUT2D eigenvalue weighted by Gasteiger charge is -2.32. The second-order valence-electron chi connectivity index (χ2n) is 6.00. The summed E-state index contributed by atoms with van der Waals surface area (Å²) in [5.74, 6) is 2.58. The van der Waals surface area contributed by atoms with Crippen molar-refractivity contribution in [2.24, 2.45) is 0 Å². The van der Waals surface area contributed by atoms with Crippen molar-refractivity contribution in [2.75, 3.05) is 23.3 Å². The van der Waals surface area contributed by atoms with Gasteiger partial charge in [0, 0.05) is 37.6 Å². The van der Waals surface area contributed by atoms with Crippen molar-refractivity contribution >= 4 is 17.6 Å². The number of hydrogen-bond acceptors (Lipinski definition) is 7. The molecule has 25 heavy (non-hydrogen) atoms. The van der Waals surface area contributed by atoms with Gasteiger partial charge in [0.25, 0.3) is 0 Å². The molecule has 1 aliphatic rings. The fourth-order valence-electron chi connectivity index (χ4n) is 3.04. The van der Waals surface area contributed by atoms with E-state index in [0.29, 0.717) is 11.7 Å². The van der Waals surface area contributed by atoms with Gasteiger partial charge in [-0.05, 0) is 31.0 Å². The van der Waals surface area contributed by atoms with E-state index in [1.807, 2.05) is 30.5 Å². The molecule has 0 unspecified atom stereocenters. The number of piperidine rings is 1. The van der Waals surface area contributed by atoms with Crippen molar-refractivity contribution in [1.82, 2.24) is 24.9 Å². The predicted octanol–water partition coefficient (Wildman–Crippen LogP) is 2.79. The fraction of sp³-hybridized carbons (Fsp3) is 0.278. The van der Waals surface area contributed by atoms with Crippen molar-refractivity contribution in [3.63, 3.8) is 0 Å². The molecule has 0 aliphatic carbocycles. The zero-order valence-electron chi connectivity index (χ0n) is 13.8. The second kappa shape index (κ2) is 7.21. The van der Waals surface area contributed by atoms with Crippen LogP contribution in [0.1, 0.15) is 24.5 Å². The van der Waals surface area contributed by atoms with Crippen molar-refractivity contribution in [1.29, 1.82) is 0 Å². The van der Waals surface area contributed by atoms with E-state index in [2.05, 4.69) is 35.1 Å². The van der Waals surface area contributed by atoms with Crippen molar-refractivity contribution in [3.05, 3.63) is 60.9 Å². The maximum absolute atomic E-state index is 4.61. The normalized spacial score (nSPS) is 17.3. The van der Waals surface area contributed by atoms with Crippen LogP contribution in [0.5, 0.6) is 0 Å². The standard InChI is InChI=1S/C18H19N7/c1-2-7-19-16(6-1)24-17-12-22-15(11-23-17)14-5-3-10-25(13-14)18-20-8-4-9-21-18/h1-2,4,6-9,11-12,14H,3,5,10,13H2,(H,19,23,24)/t14-/m1/s1. The summed E-state index contributed by atoms with van der Waals surface area (Å²) < 4.78 is 0. The molecule has 0 amide bonds. The van der Waals surface area contributed by atoms with Gasteiger partial charge in [-0.25, -0.2) is 19.9 Å². The molecule has 1 aliphatic heterocycles. The lowest BCUT2D eigenvalue weighted by atomic mass is 9.95. The molecule has 0 aromatic carbocycles. The molecular weight excluding hydrogens is 314 g/mol. The number of pyridine rings is 1. The Morgan fingerprint density at radius 3 is 2.52 bits per heavy atom. The second-order valence-corrected chi connectivity index (χ2v) is 6.00. The molecule has 0 saturated carbocycles. The first-order chi connectivity index (χ1) is 12.4. The summed E-state index contributed by atoms with van der Waals surface area (Å²) in [4.78, 5) is 24.2. The molecular formula is C18H19N7. The Hall–Kier alpha value is -3.09. The topological polar surface area (TPSA) is 79.7 Å². The molecule has 7 nitrogen and oxygen atoms in total. The van der Waals surface area contributed by atoms with Crippen LogP contribution in [0.15, 0.2) is 55.2 Å². The summed E-state index contributed by atoms with van der Waals surface area (Å²) >= 11 is 0. The highest BCUT2D eigenvalue weighted by molar-refractivity contribution is 5.49. The SMILES string of the molecule is c1ccc(Nc2cnc([C@@H]3CCCN(c4ncccn4)C3)cn2)nc1. The van der Waals surface area contributed by atoms with E-state index in [4.69, 9.17) is 0 Å². The van der Waals surface area contributed by atoms with Gasteiger partial charge in [0.2, 0.25) is 5.95 Å². The molecule has 3 aromatic heterocycles. The Labute approximate surface area is 146 Å². The minimum absolute atomic E-state index is 0.342. The van der Waals surface area contributed by atoms with Gasteiger partial charge in [-0.2, -0.15) is 0 Å². The largest absolute Gasteiger partial charge is 0.340 e. The van der Waals surface area contributed by atoms with E-state index in [0.717, 1.165) is 43.4 Å². The van der Waals surface area contributed by atoms with E-state index in [-0.39, 0.29) is 0 Å². The molecule has 1 N–H and O–H groups in total. The fourth-order valence-corrected chi connectivity index (χ4v) is 3.04. The van der Waals surface area contributed by atoms with E-state index in [1.165, 1.54) is 0 Å². The van der Waals surface area contributed by atoms with Crippen LogP contribution in [0.3, 0.4) is 0 Å². The van der Waals surface area contributed by atoms with Gasteiger partial charge in [-0.1, -0.05) is 6.07 Å². The van der Waals surface area contributed by atoms with Crippen LogP contribution >= 0.6 is 0 Å². The summed E-state index contributed by atoms with van der Waals surface area (Å²) in [7, 11) is 0. The van der Waals surface area contributed by atoms with Crippen LogP contribution < -0.4 is 10.2 Å². The molecule has 126 valence electrons. The quantitative estimate of drug-likeness (QED) is 0.786. The average molecular weight is 333 g/mol. The smallest absolute Gasteiger partial charge is 0.225 e. The van der Waals surface area contributed by atoms with E-state index >= 15 is 0 Å². The first-order valence-corrected chi connectivity index (χ1v) is 8.40. The zero-order chi connectivity index (χ0) is 16.9. The first-order valence-electron chi connectivity index (χ1n) is 8.40. The average Bonchev–Trinajstić information content (AvgIpc) is 2.70. The number of hydrogen-bond donors (Lipinski definition) is 1. The lowest BCUT2D eigenvalue weighted by molar-refractivity contribution is 0.494. The van der Waals surface area contributed by atoms with Crippen LogP contribution in [0.25, 0.3) is 0 Å². The van der Waals surface area contributed by atoms with Crippen LogP contribution in [-0.2, 0) is 0 Å². The molecule has 1 saturated heterocycles. The first kappa shape index (κ1) is 15.4. The van der Waals surface area contributed by atoms with Gasteiger partial charge in [0.1, 0.15) is 11.6 Å². The monoisotopic (exact) mass is 333 g/mol. The van der Waals surface area contributed by atoms with Gasteiger partial charge >= 0.3 is 0 Å². The van der Waals surface area contributed by atoms with Gasteiger partial charge in [-0.15, -0.1) is 0 Å². The number of rotatable bonds is 4. The Morgan fingerprint density at radius 2 is 1.76 bits per heavy atom. The van der Waals surface area contributed by atoms with E-state index in [9.17, 15) is 0 Å². The van der Waals surface area contributed by atoms with Gasteiger partial charge < -0.3 is 10.2 Å². The number of nitrogens with zero attached hydrogens (tertiary/aromatic N) is 6. The maximum Gasteiger partial charge on any atom is 0.225 e. The summed E-state index contributed by atoms with van der Waals surface area (Å²) in [5.41, 5.74) is 1.01. The highest BCUT2D eigenvalue weighted by atomic mass is 15.3. The minimum atomic E-state index is 0.342.